The van der Waals surface area contributed by atoms with Gasteiger partial charge in [0.05, 0.1) is 19.1 Å². The van der Waals surface area contributed by atoms with Crippen molar-refractivity contribution < 1.29 is 27.9 Å². The van der Waals surface area contributed by atoms with Crippen molar-refractivity contribution in [2.24, 2.45) is 5.92 Å². The summed E-state index contributed by atoms with van der Waals surface area (Å²) in [4.78, 5) is 42.8. The standard InChI is InChI=1S/C27H29F2N3O4/c28-21-7-5-18(6-8-21)16-27(25(34)32(26(35)30-27)22-11-14-36-17-22)20-9-12-31(13-10-20)24(33)15-19-3-1-2-4-23(19)29/h1-8,20,22H,9-17H2,(H,30,35)/t22-,27+/m1/s1. The third kappa shape index (κ3) is 4.59. The number of carbonyl (C=O) groups excluding carboxylic acids is 3. The molecule has 3 aliphatic heterocycles. The first-order valence-electron chi connectivity index (χ1n) is 12.4. The molecule has 7 nitrogen and oxygen atoms in total. The first kappa shape index (κ1) is 24.4. The normalized spacial score (nSPS) is 24.9. The van der Waals surface area contributed by atoms with Crippen LogP contribution in [0.3, 0.4) is 0 Å². The Morgan fingerprint density at radius 2 is 1.75 bits per heavy atom. The predicted molar refractivity (Wildman–Crippen MR) is 127 cm³/mol. The molecule has 5 rings (SSSR count). The Bertz CT molecular complexity index is 1140. The fraction of sp³-hybridized carbons (Fsp3) is 0.444. The average molecular weight is 498 g/mol. The minimum atomic E-state index is -1.18. The number of amides is 4. The van der Waals surface area contributed by atoms with Gasteiger partial charge in [-0.05, 0) is 54.5 Å². The molecular weight excluding hydrogens is 468 g/mol. The van der Waals surface area contributed by atoms with E-state index in [0.29, 0.717) is 51.1 Å². The average Bonchev–Trinajstić information content (AvgIpc) is 3.48. The van der Waals surface area contributed by atoms with Gasteiger partial charge in [-0.15, -0.1) is 0 Å². The second-order valence-electron chi connectivity index (χ2n) is 9.82. The van der Waals surface area contributed by atoms with E-state index in [1.165, 1.54) is 23.1 Å². The summed E-state index contributed by atoms with van der Waals surface area (Å²) in [6, 6.07) is 11.4. The zero-order valence-corrected chi connectivity index (χ0v) is 19.9. The second-order valence-corrected chi connectivity index (χ2v) is 9.82. The molecule has 9 heteroatoms. The molecule has 0 radical (unpaired) electrons. The highest BCUT2D eigenvalue weighted by Crippen LogP contribution is 2.38. The van der Waals surface area contributed by atoms with Crippen molar-refractivity contribution in [1.82, 2.24) is 15.1 Å². The van der Waals surface area contributed by atoms with E-state index in [9.17, 15) is 23.2 Å². The first-order valence-corrected chi connectivity index (χ1v) is 12.4. The van der Waals surface area contributed by atoms with Crippen molar-refractivity contribution in [3.63, 3.8) is 0 Å². The Balaban J connectivity index is 1.35. The number of nitrogens with one attached hydrogen (secondary N) is 1. The number of piperidine rings is 1. The smallest absolute Gasteiger partial charge is 0.325 e. The van der Waals surface area contributed by atoms with Crippen molar-refractivity contribution in [1.29, 1.82) is 0 Å². The lowest BCUT2D eigenvalue weighted by Gasteiger charge is -2.41. The largest absolute Gasteiger partial charge is 0.379 e. The maximum atomic E-state index is 14.0. The number of nitrogens with zero attached hydrogens (tertiary/aromatic N) is 2. The number of hydrogen-bond donors (Lipinski definition) is 1. The van der Waals surface area contributed by atoms with E-state index in [0.717, 1.165) is 5.56 Å². The second kappa shape index (κ2) is 9.97. The summed E-state index contributed by atoms with van der Waals surface area (Å²) in [5.74, 6) is -1.46. The Morgan fingerprint density at radius 1 is 1.03 bits per heavy atom. The van der Waals surface area contributed by atoms with Crippen molar-refractivity contribution in [3.05, 3.63) is 71.3 Å². The van der Waals surface area contributed by atoms with Gasteiger partial charge in [0.25, 0.3) is 5.91 Å². The van der Waals surface area contributed by atoms with E-state index in [1.807, 2.05) is 0 Å². The minimum Gasteiger partial charge on any atom is -0.379 e. The molecule has 4 amide bonds. The molecule has 0 spiro atoms. The summed E-state index contributed by atoms with van der Waals surface area (Å²) in [7, 11) is 0. The predicted octanol–water partition coefficient (Wildman–Crippen LogP) is 3.07. The monoisotopic (exact) mass is 497 g/mol. The van der Waals surface area contributed by atoms with Crippen LogP contribution >= 0.6 is 0 Å². The van der Waals surface area contributed by atoms with Gasteiger partial charge >= 0.3 is 6.03 Å². The molecule has 3 aliphatic rings. The summed E-state index contributed by atoms with van der Waals surface area (Å²) < 4.78 is 33.0. The van der Waals surface area contributed by atoms with E-state index in [2.05, 4.69) is 5.32 Å². The topological polar surface area (TPSA) is 79.0 Å². The van der Waals surface area contributed by atoms with Gasteiger partial charge in [-0.1, -0.05) is 30.3 Å². The number of ether oxygens (including phenoxy) is 1. The number of halogens is 2. The van der Waals surface area contributed by atoms with Gasteiger partial charge in [0.15, 0.2) is 0 Å². The molecule has 3 saturated heterocycles. The summed E-state index contributed by atoms with van der Waals surface area (Å²) >= 11 is 0. The molecule has 36 heavy (non-hydrogen) atoms. The highest BCUT2D eigenvalue weighted by molar-refractivity contribution is 6.07. The Hall–Kier alpha value is -3.33. The molecule has 190 valence electrons. The van der Waals surface area contributed by atoms with Gasteiger partial charge in [-0.3, -0.25) is 14.5 Å². The number of benzene rings is 2. The third-order valence-electron chi connectivity index (χ3n) is 7.66. The van der Waals surface area contributed by atoms with Crippen LogP contribution in [0.15, 0.2) is 48.5 Å². The summed E-state index contributed by atoms with van der Waals surface area (Å²) in [6.07, 6.45) is 1.81. The quantitative estimate of drug-likeness (QED) is 0.623. The lowest BCUT2D eigenvalue weighted by Crippen LogP contribution is -2.58. The van der Waals surface area contributed by atoms with E-state index in [4.69, 9.17) is 4.74 Å². The maximum absolute atomic E-state index is 14.0. The molecule has 2 aromatic rings. The van der Waals surface area contributed by atoms with Crippen LogP contribution in [-0.2, 0) is 27.2 Å². The third-order valence-corrected chi connectivity index (χ3v) is 7.66. The van der Waals surface area contributed by atoms with Crippen molar-refractivity contribution in [3.8, 4) is 0 Å². The molecule has 0 aromatic heterocycles. The lowest BCUT2D eigenvalue weighted by atomic mass is 9.73. The van der Waals surface area contributed by atoms with Crippen LogP contribution in [-0.4, -0.2) is 65.5 Å². The van der Waals surface area contributed by atoms with Gasteiger partial charge < -0.3 is 15.0 Å². The maximum Gasteiger partial charge on any atom is 0.325 e. The van der Waals surface area contributed by atoms with E-state index in [-0.39, 0.29) is 42.4 Å². The van der Waals surface area contributed by atoms with Gasteiger partial charge in [0.1, 0.15) is 17.2 Å². The van der Waals surface area contributed by atoms with Crippen LogP contribution < -0.4 is 5.32 Å². The number of likely N-dealkylation sites (tertiary alicyclic amines) is 1. The van der Waals surface area contributed by atoms with Crippen LogP contribution in [0.1, 0.15) is 30.4 Å². The molecule has 0 unspecified atom stereocenters. The lowest BCUT2D eigenvalue weighted by molar-refractivity contribution is -0.137. The molecule has 2 atom stereocenters. The summed E-state index contributed by atoms with van der Waals surface area (Å²) in [6.45, 7) is 1.61. The summed E-state index contributed by atoms with van der Waals surface area (Å²) in [5.41, 5.74) is -0.0873. The van der Waals surface area contributed by atoms with Crippen LogP contribution in [0.4, 0.5) is 13.6 Å². The van der Waals surface area contributed by atoms with E-state index < -0.39 is 17.4 Å². The molecule has 2 aromatic carbocycles. The van der Waals surface area contributed by atoms with Crippen molar-refractivity contribution in [2.45, 2.75) is 43.7 Å². The van der Waals surface area contributed by atoms with Crippen LogP contribution in [0, 0.1) is 17.6 Å². The fourth-order valence-corrected chi connectivity index (χ4v) is 5.67. The van der Waals surface area contributed by atoms with Crippen molar-refractivity contribution in [2.75, 3.05) is 26.3 Å². The van der Waals surface area contributed by atoms with Gasteiger partial charge in [0.2, 0.25) is 5.91 Å². The SMILES string of the molecule is O=C(Cc1ccccc1F)N1CCC([C@]2(Cc3ccc(F)cc3)NC(=O)N([C@@H]3CCOC3)C2=O)CC1. The van der Waals surface area contributed by atoms with E-state index in [1.54, 1.807) is 35.2 Å². The highest BCUT2D eigenvalue weighted by Gasteiger charge is 2.57. The molecule has 0 bridgehead atoms. The molecule has 3 heterocycles. The van der Waals surface area contributed by atoms with Crippen LogP contribution in [0.5, 0.6) is 0 Å². The zero-order chi connectivity index (χ0) is 25.3. The number of rotatable bonds is 6. The van der Waals surface area contributed by atoms with Gasteiger partial charge in [-0.2, -0.15) is 0 Å². The Kier molecular flexibility index (Phi) is 6.75. The highest BCUT2D eigenvalue weighted by atomic mass is 19.1. The Morgan fingerprint density at radius 3 is 2.42 bits per heavy atom. The Labute approximate surface area is 208 Å². The zero-order valence-electron chi connectivity index (χ0n) is 19.9. The van der Waals surface area contributed by atoms with E-state index >= 15 is 0 Å². The molecule has 1 N–H and O–H groups in total. The molecule has 3 fully saturated rings. The number of hydrogen-bond acceptors (Lipinski definition) is 4. The number of imide groups is 1. The van der Waals surface area contributed by atoms with Crippen molar-refractivity contribution >= 4 is 17.8 Å². The minimum absolute atomic E-state index is 0.0246. The molecule has 0 saturated carbocycles. The van der Waals surface area contributed by atoms with Crippen LogP contribution in [0.25, 0.3) is 0 Å². The van der Waals surface area contributed by atoms with Crippen LogP contribution in [0.2, 0.25) is 0 Å². The fourth-order valence-electron chi connectivity index (χ4n) is 5.67. The number of carbonyl (C=O) groups is 3. The first-order chi connectivity index (χ1) is 17.4. The summed E-state index contributed by atoms with van der Waals surface area (Å²) in [5, 5.41) is 3.00. The molecule has 0 aliphatic carbocycles. The number of urea groups is 1. The molecular formula is C27H29F2N3O4. The van der Waals surface area contributed by atoms with Gasteiger partial charge in [-0.25, -0.2) is 13.6 Å². The van der Waals surface area contributed by atoms with Gasteiger partial charge in [0, 0.05) is 26.1 Å².